The average molecular weight is 543 g/mol. The summed E-state index contributed by atoms with van der Waals surface area (Å²) in [5, 5.41) is 22.3. The molecule has 206 valence electrons. The van der Waals surface area contributed by atoms with E-state index in [1.165, 1.54) is 0 Å². The fourth-order valence-corrected chi connectivity index (χ4v) is 5.52. The smallest absolute Gasteiger partial charge is 0.248 e. The maximum atomic E-state index is 12.3. The lowest BCUT2D eigenvalue weighted by Gasteiger charge is -2.31. The van der Waals surface area contributed by atoms with Crippen LogP contribution < -0.4 is 0 Å². The molecule has 0 aromatic rings. The lowest BCUT2D eigenvalue weighted by atomic mass is 9.84. The number of thiocarbonyl (C=S) groups is 2. The number of nitrogens with zero attached hydrogens (tertiary/aromatic N) is 4. The van der Waals surface area contributed by atoms with Gasteiger partial charge >= 0.3 is 0 Å². The molecule has 2 N–H and O–H groups in total. The van der Waals surface area contributed by atoms with E-state index in [9.17, 15) is 19.8 Å². The highest BCUT2D eigenvalue weighted by molar-refractivity contribution is 7.80. The van der Waals surface area contributed by atoms with Gasteiger partial charge in [0.05, 0.1) is 25.3 Å². The summed E-state index contributed by atoms with van der Waals surface area (Å²) in [4.78, 5) is 31.9. The topological polar surface area (TPSA) is 87.6 Å². The Bertz CT molecular complexity index is 754. The van der Waals surface area contributed by atoms with Crippen molar-refractivity contribution in [3.8, 4) is 0 Å². The zero-order chi connectivity index (χ0) is 27.3. The minimum atomic E-state index is -0.500. The van der Waals surface area contributed by atoms with Crippen LogP contribution in [0.1, 0.15) is 80.1 Å². The first-order valence-electron chi connectivity index (χ1n) is 13.2. The Hall–Kier alpha value is -1.36. The molecular weight excluding hydrogens is 496 g/mol. The molecule has 0 aliphatic carbocycles. The number of carbonyl (C=O) groups excluding carboxylic acids is 2. The number of rotatable bonds is 15. The van der Waals surface area contributed by atoms with Crippen LogP contribution in [0.2, 0.25) is 0 Å². The zero-order valence-corrected chi connectivity index (χ0v) is 24.6. The maximum absolute atomic E-state index is 12.3. The maximum Gasteiger partial charge on any atom is 0.248 e. The van der Waals surface area contributed by atoms with E-state index < -0.39 is 12.2 Å². The second kappa shape index (κ2) is 12.9. The standard InChI is InChI=1S/C26H46N4O4S2/c1-7-27-15-21(33)29(23(27)35)17-25(3,4)13-11-19(31)9-10-20(32)12-14-26(5,6)18-30-22(34)16-28(8-2)24(30)36/h19-20,31-32H,7-18H2,1-6H3. The van der Waals surface area contributed by atoms with Gasteiger partial charge in [-0.05, 0) is 87.6 Å². The average Bonchev–Trinajstić information content (AvgIpc) is 3.23. The van der Waals surface area contributed by atoms with Crippen molar-refractivity contribution in [2.75, 3.05) is 39.3 Å². The van der Waals surface area contributed by atoms with Gasteiger partial charge in [-0.3, -0.25) is 19.4 Å². The molecule has 2 unspecified atom stereocenters. The van der Waals surface area contributed by atoms with Crippen LogP contribution in [-0.4, -0.2) is 103 Å². The van der Waals surface area contributed by atoms with E-state index in [0.717, 1.165) is 25.9 Å². The van der Waals surface area contributed by atoms with Crippen LogP contribution in [0.15, 0.2) is 0 Å². The monoisotopic (exact) mass is 542 g/mol. The summed E-state index contributed by atoms with van der Waals surface area (Å²) in [7, 11) is 0. The molecule has 0 radical (unpaired) electrons. The van der Waals surface area contributed by atoms with Crippen molar-refractivity contribution >= 4 is 46.5 Å². The summed E-state index contributed by atoms with van der Waals surface area (Å²) in [5.41, 5.74) is -0.345. The van der Waals surface area contributed by atoms with Crippen molar-refractivity contribution in [3.05, 3.63) is 0 Å². The largest absolute Gasteiger partial charge is 0.393 e. The van der Waals surface area contributed by atoms with E-state index in [2.05, 4.69) is 27.7 Å². The predicted octanol–water partition coefficient (Wildman–Crippen LogP) is 3.00. The minimum Gasteiger partial charge on any atom is -0.393 e. The van der Waals surface area contributed by atoms with Crippen LogP contribution in [0.5, 0.6) is 0 Å². The molecule has 2 atom stereocenters. The molecule has 2 saturated heterocycles. The van der Waals surface area contributed by atoms with E-state index in [0.29, 0.717) is 62.1 Å². The molecule has 2 aliphatic rings. The lowest BCUT2D eigenvalue weighted by Crippen LogP contribution is -2.40. The van der Waals surface area contributed by atoms with Crippen molar-refractivity contribution in [1.82, 2.24) is 19.6 Å². The fourth-order valence-electron chi connectivity index (χ4n) is 4.80. The van der Waals surface area contributed by atoms with Crippen LogP contribution in [0.25, 0.3) is 0 Å². The molecule has 10 heteroatoms. The van der Waals surface area contributed by atoms with Crippen LogP contribution in [0, 0.1) is 10.8 Å². The predicted molar refractivity (Wildman–Crippen MR) is 150 cm³/mol. The normalized spacial score (nSPS) is 19.2. The highest BCUT2D eigenvalue weighted by Gasteiger charge is 2.37. The molecule has 2 heterocycles. The first-order chi connectivity index (χ1) is 16.7. The van der Waals surface area contributed by atoms with Crippen molar-refractivity contribution in [2.45, 2.75) is 92.3 Å². The molecule has 0 bridgehead atoms. The van der Waals surface area contributed by atoms with Crippen LogP contribution in [0.3, 0.4) is 0 Å². The zero-order valence-electron chi connectivity index (χ0n) is 23.0. The summed E-state index contributed by atoms with van der Waals surface area (Å²) < 4.78 is 0. The highest BCUT2D eigenvalue weighted by atomic mass is 32.1. The number of hydrogen-bond donors (Lipinski definition) is 2. The van der Waals surface area contributed by atoms with Crippen molar-refractivity contribution < 1.29 is 19.8 Å². The number of aliphatic hydroxyl groups excluding tert-OH is 2. The Morgan fingerprint density at radius 1 is 0.722 bits per heavy atom. The Morgan fingerprint density at radius 2 is 1.06 bits per heavy atom. The summed E-state index contributed by atoms with van der Waals surface area (Å²) in [5.74, 6) is 0.0836. The van der Waals surface area contributed by atoms with Crippen LogP contribution in [-0.2, 0) is 9.59 Å². The summed E-state index contributed by atoms with van der Waals surface area (Å²) >= 11 is 10.9. The molecule has 2 rings (SSSR count). The Labute approximate surface area is 228 Å². The quantitative estimate of drug-likeness (QED) is 0.306. The molecule has 2 fully saturated rings. The third-order valence-electron chi connectivity index (χ3n) is 7.33. The molecule has 0 spiro atoms. The second-order valence-electron chi connectivity index (χ2n) is 11.8. The Kier molecular flexibility index (Phi) is 11.1. The number of hydrogen-bond acceptors (Lipinski definition) is 6. The lowest BCUT2D eigenvalue weighted by molar-refractivity contribution is -0.126. The van der Waals surface area contributed by atoms with Gasteiger partial charge in [0.25, 0.3) is 0 Å². The third kappa shape index (κ3) is 8.60. The van der Waals surface area contributed by atoms with Crippen LogP contribution >= 0.6 is 24.4 Å². The van der Waals surface area contributed by atoms with Gasteiger partial charge in [-0.1, -0.05) is 27.7 Å². The molecule has 0 aromatic heterocycles. The summed E-state index contributed by atoms with van der Waals surface area (Å²) in [6.07, 6.45) is 2.80. The van der Waals surface area contributed by atoms with Gasteiger partial charge < -0.3 is 20.0 Å². The molecule has 0 saturated carbocycles. The second-order valence-corrected chi connectivity index (χ2v) is 12.6. The Balaban J connectivity index is 1.71. The van der Waals surface area contributed by atoms with Gasteiger partial charge in [0, 0.05) is 26.2 Å². The number of amides is 2. The van der Waals surface area contributed by atoms with E-state index in [1.807, 2.05) is 23.6 Å². The first kappa shape index (κ1) is 30.9. The van der Waals surface area contributed by atoms with Gasteiger partial charge in [0.1, 0.15) is 0 Å². The van der Waals surface area contributed by atoms with E-state index >= 15 is 0 Å². The molecule has 2 aliphatic heterocycles. The first-order valence-corrected chi connectivity index (χ1v) is 14.1. The van der Waals surface area contributed by atoms with E-state index in [1.54, 1.807) is 9.80 Å². The van der Waals surface area contributed by atoms with Gasteiger partial charge in [-0.2, -0.15) is 0 Å². The number of aliphatic hydroxyl groups is 2. The van der Waals surface area contributed by atoms with Gasteiger partial charge in [-0.25, -0.2) is 0 Å². The van der Waals surface area contributed by atoms with Gasteiger partial charge in [0.15, 0.2) is 10.2 Å². The molecule has 8 nitrogen and oxygen atoms in total. The molecule has 2 amide bonds. The van der Waals surface area contributed by atoms with Gasteiger partial charge in [-0.15, -0.1) is 0 Å². The number of likely N-dealkylation sites (N-methyl/N-ethyl adjacent to an activating group) is 2. The third-order valence-corrected chi connectivity index (χ3v) is 8.29. The van der Waals surface area contributed by atoms with Crippen molar-refractivity contribution in [3.63, 3.8) is 0 Å². The highest BCUT2D eigenvalue weighted by Crippen LogP contribution is 2.30. The SMILES string of the molecule is CCN1CC(=O)N(CC(C)(C)CCC(O)CCC(O)CCC(C)(C)CN2C(=O)CN(CC)C2=S)C1=S. The van der Waals surface area contributed by atoms with Crippen LogP contribution in [0.4, 0.5) is 0 Å². The number of carbonyl (C=O) groups is 2. The minimum absolute atomic E-state index is 0.0418. The molecule has 36 heavy (non-hydrogen) atoms. The fraction of sp³-hybridized carbons (Fsp3) is 0.846. The summed E-state index contributed by atoms with van der Waals surface area (Å²) in [6, 6.07) is 0. The van der Waals surface area contributed by atoms with Crippen molar-refractivity contribution in [2.24, 2.45) is 10.8 Å². The van der Waals surface area contributed by atoms with E-state index in [4.69, 9.17) is 24.4 Å². The van der Waals surface area contributed by atoms with Crippen molar-refractivity contribution in [1.29, 1.82) is 0 Å². The Morgan fingerprint density at radius 3 is 1.33 bits per heavy atom. The van der Waals surface area contributed by atoms with E-state index in [-0.39, 0.29) is 22.6 Å². The molecule has 0 aromatic carbocycles. The van der Waals surface area contributed by atoms with Gasteiger partial charge in [0.2, 0.25) is 11.8 Å². The molecular formula is C26H46N4O4S2. The summed E-state index contributed by atoms with van der Waals surface area (Å²) in [6.45, 7) is 15.6.